The monoisotopic (exact) mass is 210 g/mol. The Morgan fingerprint density at radius 1 is 1.47 bits per heavy atom. The molecule has 1 heteroatoms. The molecule has 1 nitrogen and oxygen atoms in total. The fourth-order valence-electron chi connectivity index (χ4n) is 3.27. The molecule has 0 aromatic rings. The molecule has 0 bridgehead atoms. The number of aliphatic hydroxyl groups is 1. The molecule has 88 valence electrons. The van der Waals surface area contributed by atoms with E-state index in [2.05, 4.69) is 34.3 Å². The van der Waals surface area contributed by atoms with E-state index in [0.717, 1.165) is 0 Å². The Balaban J connectivity index is 2.97. The van der Waals surface area contributed by atoms with E-state index in [1.807, 2.05) is 6.08 Å². The van der Waals surface area contributed by atoms with Crippen LogP contribution in [0.3, 0.4) is 0 Å². The molecule has 0 aromatic heterocycles. The topological polar surface area (TPSA) is 20.2 Å². The molecule has 0 spiro atoms. The summed E-state index contributed by atoms with van der Waals surface area (Å²) in [4.78, 5) is 0. The predicted molar refractivity (Wildman–Crippen MR) is 65.7 cm³/mol. The lowest BCUT2D eigenvalue weighted by Crippen LogP contribution is -2.51. The summed E-state index contributed by atoms with van der Waals surface area (Å²) in [7, 11) is 0. The van der Waals surface area contributed by atoms with Gasteiger partial charge in [0.15, 0.2) is 0 Å². The minimum atomic E-state index is -0.250. The highest BCUT2D eigenvalue weighted by Gasteiger charge is 2.50. The first kappa shape index (κ1) is 12.8. The van der Waals surface area contributed by atoms with Crippen molar-refractivity contribution in [3.63, 3.8) is 0 Å². The van der Waals surface area contributed by atoms with Crippen molar-refractivity contribution in [3.05, 3.63) is 12.7 Å². The van der Waals surface area contributed by atoms with E-state index < -0.39 is 0 Å². The van der Waals surface area contributed by atoms with Gasteiger partial charge in [0.1, 0.15) is 0 Å². The van der Waals surface area contributed by atoms with Crippen molar-refractivity contribution in [2.24, 2.45) is 16.7 Å². The molecular formula is C14H26O. The van der Waals surface area contributed by atoms with Crippen LogP contribution in [0, 0.1) is 16.7 Å². The molecule has 1 N–H and O–H groups in total. The average molecular weight is 210 g/mol. The zero-order valence-corrected chi connectivity index (χ0v) is 10.7. The molecule has 1 aliphatic carbocycles. The van der Waals surface area contributed by atoms with Gasteiger partial charge in [0.25, 0.3) is 0 Å². The van der Waals surface area contributed by atoms with E-state index in [-0.39, 0.29) is 16.9 Å². The molecule has 0 aliphatic heterocycles. The Bertz CT molecular complexity index is 231. The highest BCUT2D eigenvalue weighted by Crippen LogP contribution is 2.55. The van der Waals surface area contributed by atoms with Gasteiger partial charge >= 0.3 is 0 Å². The normalized spacial score (nSPS) is 37.3. The van der Waals surface area contributed by atoms with E-state index in [1.165, 1.54) is 19.3 Å². The maximum absolute atomic E-state index is 10.4. The lowest BCUT2D eigenvalue weighted by atomic mass is 9.51. The van der Waals surface area contributed by atoms with Gasteiger partial charge in [-0.25, -0.2) is 0 Å². The number of rotatable bonds is 3. The second-order valence-corrected chi connectivity index (χ2v) is 6.00. The fourth-order valence-corrected chi connectivity index (χ4v) is 3.27. The summed E-state index contributed by atoms with van der Waals surface area (Å²) in [6, 6.07) is 0. The van der Waals surface area contributed by atoms with Gasteiger partial charge in [0, 0.05) is 5.41 Å². The molecule has 3 atom stereocenters. The van der Waals surface area contributed by atoms with Crippen LogP contribution in [0.15, 0.2) is 12.7 Å². The summed E-state index contributed by atoms with van der Waals surface area (Å²) in [5.74, 6) is 0.594. The summed E-state index contributed by atoms with van der Waals surface area (Å²) in [6.07, 6.45) is 6.07. The first-order valence-corrected chi connectivity index (χ1v) is 6.15. The van der Waals surface area contributed by atoms with E-state index in [1.54, 1.807) is 0 Å². The summed E-state index contributed by atoms with van der Waals surface area (Å²) in [5.41, 5.74) is 0.256. The van der Waals surface area contributed by atoms with Crippen molar-refractivity contribution >= 4 is 0 Å². The summed E-state index contributed by atoms with van der Waals surface area (Å²) < 4.78 is 0. The van der Waals surface area contributed by atoms with Crippen molar-refractivity contribution in [2.75, 3.05) is 0 Å². The lowest BCUT2D eigenvalue weighted by Gasteiger charge is -2.54. The van der Waals surface area contributed by atoms with Gasteiger partial charge in [0.2, 0.25) is 0 Å². The van der Waals surface area contributed by atoms with Crippen molar-refractivity contribution in [3.8, 4) is 0 Å². The summed E-state index contributed by atoms with van der Waals surface area (Å²) in [6.45, 7) is 12.9. The van der Waals surface area contributed by atoms with Gasteiger partial charge in [-0.05, 0) is 24.2 Å². The van der Waals surface area contributed by atoms with E-state index in [0.29, 0.717) is 12.3 Å². The molecule has 15 heavy (non-hydrogen) atoms. The third-order valence-electron chi connectivity index (χ3n) is 5.00. The van der Waals surface area contributed by atoms with Crippen LogP contribution in [-0.4, -0.2) is 11.2 Å². The first-order valence-electron chi connectivity index (χ1n) is 6.15. The van der Waals surface area contributed by atoms with Crippen LogP contribution >= 0.6 is 0 Å². The van der Waals surface area contributed by atoms with Crippen LogP contribution in [0.4, 0.5) is 0 Å². The third kappa shape index (κ3) is 1.99. The van der Waals surface area contributed by atoms with Crippen molar-refractivity contribution in [1.82, 2.24) is 0 Å². The van der Waals surface area contributed by atoms with Crippen molar-refractivity contribution in [2.45, 2.75) is 59.5 Å². The van der Waals surface area contributed by atoms with E-state index >= 15 is 0 Å². The van der Waals surface area contributed by atoms with Gasteiger partial charge in [-0.15, -0.1) is 6.58 Å². The number of aliphatic hydroxyl groups excluding tert-OH is 1. The molecule has 1 fully saturated rings. The quantitative estimate of drug-likeness (QED) is 0.703. The minimum Gasteiger partial charge on any atom is -0.392 e. The molecular weight excluding hydrogens is 184 g/mol. The maximum atomic E-state index is 10.4. The standard InChI is InChI=1S/C14H26O/c1-6-8-12(15)14(5)11(2)9-7-10-13(14,3)4/h6,11-12,15H,1,7-10H2,2-5H3. The predicted octanol–water partition coefficient (Wildman–Crippen LogP) is 3.78. The Morgan fingerprint density at radius 2 is 2.07 bits per heavy atom. The Morgan fingerprint density at radius 3 is 2.53 bits per heavy atom. The number of hydrogen-bond acceptors (Lipinski definition) is 1. The second-order valence-electron chi connectivity index (χ2n) is 6.00. The molecule has 0 radical (unpaired) electrons. The van der Waals surface area contributed by atoms with Crippen LogP contribution in [-0.2, 0) is 0 Å². The van der Waals surface area contributed by atoms with Crippen LogP contribution in [0.25, 0.3) is 0 Å². The Labute approximate surface area is 94.6 Å². The molecule has 0 heterocycles. The summed E-state index contributed by atoms with van der Waals surface area (Å²) >= 11 is 0. The van der Waals surface area contributed by atoms with Crippen LogP contribution in [0.1, 0.15) is 53.4 Å². The van der Waals surface area contributed by atoms with Crippen LogP contribution in [0.2, 0.25) is 0 Å². The van der Waals surface area contributed by atoms with Gasteiger partial charge in [-0.3, -0.25) is 0 Å². The molecule has 1 saturated carbocycles. The highest BCUT2D eigenvalue weighted by atomic mass is 16.3. The largest absolute Gasteiger partial charge is 0.392 e. The van der Waals surface area contributed by atoms with Gasteiger partial charge in [-0.2, -0.15) is 0 Å². The smallest absolute Gasteiger partial charge is 0.0635 e. The molecule has 0 amide bonds. The Hall–Kier alpha value is -0.300. The van der Waals surface area contributed by atoms with Gasteiger partial charge < -0.3 is 5.11 Å². The molecule has 0 aromatic carbocycles. The van der Waals surface area contributed by atoms with Gasteiger partial charge in [0.05, 0.1) is 6.10 Å². The molecule has 1 rings (SSSR count). The lowest BCUT2D eigenvalue weighted by molar-refractivity contribution is -0.111. The second kappa shape index (κ2) is 4.29. The highest BCUT2D eigenvalue weighted by molar-refractivity contribution is 5.01. The zero-order chi connectivity index (χ0) is 11.7. The molecule has 1 aliphatic rings. The SMILES string of the molecule is C=CCC(O)C1(C)C(C)CCCC1(C)C. The maximum Gasteiger partial charge on any atom is 0.0635 e. The average Bonchev–Trinajstić information content (AvgIpc) is 2.14. The van der Waals surface area contributed by atoms with E-state index in [9.17, 15) is 5.11 Å². The number of hydrogen-bond donors (Lipinski definition) is 1. The molecule has 3 unspecified atom stereocenters. The van der Waals surface area contributed by atoms with Gasteiger partial charge in [-0.1, -0.05) is 46.6 Å². The third-order valence-corrected chi connectivity index (χ3v) is 5.00. The zero-order valence-electron chi connectivity index (χ0n) is 10.7. The summed E-state index contributed by atoms with van der Waals surface area (Å²) in [5, 5.41) is 10.4. The fraction of sp³-hybridized carbons (Fsp3) is 0.857. The Kier molecular flexibility index (Phi) is 3.65. The minimum absolute atomic E-state index is 0.0272. The van der Waals surface area contributed by atoms with Crippen LogP contribution < -0.4 is 0 Å². The molecule has 0 saturated heterocycles. The van der Waals surface area contributed by atoms with Crippen molar-refractivity contribution in [1.29, 1.82) is 0 Å². The van der Waals surface area contributed by atoms with Crippen molar-refractivity contribution < 1.29 is 5.11 Å². The first-order chi connectivity index (χ1) is 6.86. The van der Waals surface area contributed by atoms with E-state index in [4.69, 9.17) is 0 Å². The van der Waals surface area contributed by atoms with Crippen LogP contribution in [0.5, 0.6) is 0 Å².